The molecule has 6 nitrogen and oxygen atoms in total. The lowest BCUT2D eigenvalue weighted by atomic mass is 10.3. The minimum atomic E-state index is -1.19. The third kappa shape index (κ3) is 23.5. The summed E-state index contributed by atoms with van der Waals surface area (Å²) in [7, 11) is 0. The Labute approximate surface area is 68.4 Å². The third-order valence-electron chi connectivity index (χ3n) is 0.535. The second kappa shape index (κ2) is 7.67. The SMILES string of the molecule is CC(=O)CC(=O)O.O=C(O)CO. The van der Waals surface area contributed by atoms with Crippen LogP contribution in [0.5, 0.6) is 0 Å². The molecule has 0 radical (unpaired) electrons. The van der Waals surface area contributed by atoms with Crippen LogP contribution < -0.4 is 0 Å². The number of Topliss-reactive ketones (excluding diaryl/α,β-unsaturated/α-hetero) is 1. The Hall–Kier alpha value is -1.43. The predicted molar refractivity (Wildman–Crippen MR) is 37.7 cm³/mol. The highest BCUT2D eigenvalue weighted by Crippen LogP contribution is 1.77. The highest BCUT2D eigenvalue weighted by molar-refractivity contribution is 5.93. The minimum Gasteiger partial charge on any atom is -0.481 e. The topological polar surface area (TPSA) is 112 Å². The number of carbonyl (C=O) groups excluding carboxylic acids is 1. The van der Waals surface area contributed by atoms with Crippen molar-refractivity contribution >= 4 is 17.7 Å². The average molecular weight is 178 g/mol. The number of hydrogen-bond acceptors (Lipinski definition) is 4. The summed E-state index contributed by atoms with van der Waals surface area (Å²) in [5, 5.41) is 22.9. The summed E-state index contributed by atoms with van der Waals surface area (Å²) in [5.74, 6) is -2.56. The maximum absolute atomic E-state index is 9.87. The van der Waals surface area contributed by atoms with E-state index in [9.17, 15) is 9.59 Å². The maximum atomic E-state index is 9.87. The van der Waals surface area contributed by atoms with Crippen LogP contribution in [0, 0.1) is 0 Å². The molecule has 3 N–H and O–H groups in total. The molecule has 0 aliphatic heterocycles. The molecule has 0 amide bonds. The van der Waals surface area contributed by atoms with Gasteiger partial charge in [-0.15, -0.1) is 0 Å². The number of hydrogen-bond donors (Lipinski definition) is 3. The molecule has 0 saturated heterocycles. The lowest BCUT2D eigenvalue weighted by Gasteiger charge is -1.80. The van der Waals surface area contributed by atoms with Gasteiger partial charge in [-0.25, -0.2) is 4.79 Å². The van der Waals surface area contributed by atoms with Gasteiger partial charge in [-0.05, 0) is 6.92 Å². The van der Waals surface area contributed by atoms with Gasteiger partial charge in [-0.2, -0.15) is 0 Å². The summed E-state index contributed by atoms with van der Waals surface area (Å²) < 4.78 is 0. The lowest BCUT2D eigenvalue weighted by molar-refractivity contribution is -0.141. The first-order valence-electron chi connectivity index (χ1n) is 2.94. The Bertz CT molecular complexity index is 161. The van der Waals surface area contributed by atoms with Gasteiger partial charge < -0.3 is 15.3 Å². The Morgan fingerprint density at radius 3 is 1.42 bits per heavy atom. The van der Waals surface area contributed by atoms with Crippen LogP contribution in [0.3, 0.4) is 0 Å². The maximum Gasteiger partial charge on any atom is 0.329 e. The number of aliphatic hydroxyl groups is 1. The van der Waals surface area contributed by atoms with E-state index >= 15 is 0 Å². The molecule has 0 fully saturated rings. The summed E-state index contributed by atoms with van der Waals surface area (Å²) in [5.41, 5.74) is 0. The van der Waals surface area contributed by atoms with Gasteiger partial charge in [0.2, 0.25) is 0 Å². The highest BCUT2D eigenvalue weighted by atomic mass is 16.4. The molecule has 0 aromatic carbocycles. The van der Waals surface area contributed by atoms with E-state index < -0.39 is 18.5 Å². The molecule has 0 spiro atoms. The van der Waals surface area contributed by atoms with Crippen molar-refractivity contribution in [1.82, 2.24) is 0 Å². The number of rotatable bonds is 3. The Balaban J connectivity index is 0. The van der Waals surface area contributed by atoms with Crippen LogP contribution in [0.2, 0.25) is 0 Å². The molecule has 0 unspecified atom stereocenters. The van der Waals surface area contributed by atoms with E-state index in [1.54, 1.807) is 0 Å². The minimum absolute atomic E-state index is 0.312. The van der Waals surface area contributed by atoms with Crippen molar-refractivity contribution < 1.29 is 29.7 Å². The van der Waals surface area contributed by atoms with Crippen molar-refractivity contribution in [3.05, 3.63) is 0 Å². The van der Waals surface area contributed by atoms with Gasteiger partial charge in [0.25, 0.3) is 0 Å². The van der Waals surface area contributed by atoms with Crippen molar-refractivity contribution in [1.29, 1.82) is 0 Å². The number of carboxylic acid groups (broad SMARTS) is 2. The Morgan fingerprint density at radius 2 is 1.42 bits per heavy atom. The first kappa shape index (κ1) is 13.2. The Morgan fingerprint density at radius 1 is 1.08 bits per heavy atom. The summed E-state index contributed by atoms with van der Waals surface area (Å²) in [6, 6.07) is 0. The molecule has 6 heteroatoms. The van der Waals surface area contributed by atoms with E-state index in [0.717, 1.165) is 0 Å². The molecular weight excluding hydrogens is 168 g/mol. The second-order valence-corrected chi connectivity index (χ2v) is 1.82. The van der Waals surface area contributed by atoms with Crippen LogP contribution in [0.25, 0.3) is 0 Å². The van der Waals surface area contributed by atoms with Gasteiger partial charge in [0.15, 0.2) is 0 Å². The molecule has 0 aromatic rings. The fourth-order valence-corrected chi connectivity index (χ4v) is 0.213. The Kier molecular flexibility index (Phi) is 8.43. The number of carboxylic acids is 2. The van der Waals surface area contributed by atoms with E-state index in [-0.39, 0.29) is 12.2 Å². The van der Waals surface area contributed by atoms with Crippen molar-refractivity contribution in [3.63, 3.8) is 0 Å². The molecule has 0 aliphatic rings. The van der Waals surface area contributed by atoms with E-state index in [1.165, 1.54) is 6.92 Å². The zero-order chi connectivity index (χ0) is 10.1. The van der Waals surface area contributed by atoms with E-state index in [4.69, 9.17) is 20.1 Å². The fourth-order valence-electron chi connectivity index (χ4n) is 0.213. The van der Waals surface area contributed by atoms with Crippen LogP contribution >= 0.6 is 0 Å². The van der Waals surface area contributed by atoms with Crippen LogP contribution in [-0.4, -0.2) is 39.6 Å². The standard InChI is InChI=1S/C4H6O3.C2H4O3/c1-3(5)2-4(6)7;3-1-2(4)5/h2H2,1H3,(H,6,7);3H,1H2,(H,4,5). The van der Waals surface area contributed by atoms with Crippen LogP contribution in [0.4, 0.5) is 0 Å². The van der Waals surface area contributed by atoms with Gasteiger partial charge in [0, 0.05) is 0 Å². The fraction of sp³-hybridized carbons (Fsp3) is 0.500. The monoisotopic (exact) mass is 178 g/mol. The van der Waals surface area contributed by atoms with Crippen LogP contribution in [-0.2, 0) is 14.4 Å². The largest absolute Gasteiger partial charge is 0.481 e. The first-order valence-corrected chi connectivity index (χ1v) is 2.94. The van der Waals surface area contributed by atoms with Crippen molar-refractivity contribution in [2.75, 3.05) is 6.61 Å². The predicted octanol–water partition coefficient (Wildman–Crippen LogP) is -0.887. The van der Waals surface area contributed by atoms with Crippen LogP contribution in [0.1, 0.15) is 13.3 Å². The smallest absolute Gasteiger partial charge is 0.329 e. The second-order valence-electron chi connectivity index (χ2n) is 1.82. The zero-order valence-corrected chi connectivity index (χ0v) is 6.48. The quantitative estimate of drug-likeness (QED) is 0.483. The zero-order valence-electron chi connectivity index (χ0n) is 6.48. The molecule has 0 aromatic heterocycles. The molecule has 0 rings (SSSR count). The van der Waals surface area contributed by atoms with Gasteiger partial charge >= 0.3 is 11.9 Å². The normalized spacial score (nSPS) is 7.83. The van der Waals surface area contributed by atoms with E-state index in [1.807, 2.05) is 0 Å². The molecule has 12 heavy (non-hydrogen) atoms. The molecule has 0 heterocycles. The molecule has 70 valence electrons. The van der Waals surface area contributed by atoms with E-state index in [2.05, 4.69) is 0 Å². The van der Waals surface area contributed by atoms with Crippen molar-refractivity contribution in [3.8, 4) is 0 Å². The number of aliphatic hydroxyl groups excluding tert-OH is 1. The van der Waals surface area contributed by atoms with Gasteiger partial charge in [-0.1, -0.05) is 0 Å². The van der Waals surface area contributed by atoms with Gasteiger partial charge in [0.1, 0.15) is 18.8 Å². The summed E-state index contributed by atoms with van der Waals surface area (Å²) >= 11 is 0. The molecule has 0 saturated carbocycles. The molecule has 0 bridgehead atoms. The van der Waals surface area contributed by atoms with Crippen molar-refractivity contribution in [2.24, 2.45) is 0 Å². The number of carbonyl (C=O) groups is 3. The van der Waals surface area contributed by atoms with Crippen LogP contribution in [0.15, 0.2) is 0 Å². The van der Waals surface area contributed by atoms with Gasteiger partial charge in [-0.3, -0.25) is 9.59 Å². The van der Waals surface area contributed by atoms with E-state index in [0.29, 0.717) is 0 Å². The number of ketones is 1. The third-order valence-corrected chi connectivity index (χ3v) is 0.535. The summed E-state index contributed by atoms with van der Waals surface area (Å²) in [4.78, 5) is 28.6. The van der Waals surface area contributed by atoms with Crippen molar-refractivity contribution in [2.45, 2.75) is 13.3 Å². The van der Waals surface area contributed by atoms with Gasteiger partial charge in [0.05, 0.1) is 0 Å². The lowest BCUT2D eigenvalue weighted by Crippen LogP contribution is -2.00. The summed E-state index contributed by atoms with van der Waals surface area (Å²) in [6.07, 6.45) is -0.361. The highest BCUT2D eigenvalue weighted by Gasteiger charge is 1.98. The first-order chi connectivity index (χ1) is 5.40. The number of aliphatic carboxylic acids is 2. The molecule has 0 atom stereocenters. The summed E-state index contributed by atoms with van der Waals surface area (Å²) in [6.45, 7) is 0.466. The molecule has 0 aliphatic carbocycles. The molecular formula is C6H10O6. The average Bonchev–Trinajstić information content (AvgIpc) is 1.85.